The van der Waals surface area contributed by atoms with Crippen molar-refractivity contribution in [1.82, 2.24) is 0 Å². The molecule has 0 aromatic rings. The molecule has 15 heteroatoms. The molecule has 6 N–H and O–H groups in total. The van der Waals surface area contributed by atoms with E-state index < -0.39 is 83.0 Å². The predicted molar refractivity (Wildman–Crippen MR) is 245 cm³/mol. The van der Waals surface area contributed by atoms with Gasteiger partial charge in [-0.1, -0.05) is 125 Å². The number of unbranched alkanes of at least 4 members (excludes halogenated alkanes) is 6. The molecule has 0 amide bonds. The summed E-state index contributed by atoms with van der Waals surface area (Å²) in [5.41, 5.74) is 0. The van der Waals surface area contributed by atoms with Gasteiger partial charge in [0.05, 0.1) is 38.1 Å². The van der Waals surface area contributed by atoms with Crippen LogP contribution in [-0.4, -0.2) is 106 Å². The van der Waals surface area contributed by atoms with Crippen molar-refractivity contribution in [3.8, 4) is 0 Å². The molecule has 1 saturated heterocycles. The van der Waals surface area contributed by atoms with E-state index in [1.165, 1.54) is 0 Å². The largest absolute Gasteiger partial charge is 0.472 e. The summed E-state index contributed by atoms with van der Waals surface area (Å²) >= 11 is 0. The highest BCUT2D eigenvalue weighted by Gasteiger charge is 2.35. The molecule has 360 valence electrons. The van der Waals surface area contributed by atoms with Crippen molar-refractivity contribution in [1.29, 1.82) is 0 Å². The van der Waals surface area contributed by atoms with Gasteiger partial charge in [-0.3, -0.25) is 18.6 Å². The molecule has 1 rings (SSSR count). The van der Waals surface area contributed by atoms with Gasteiger partial charge in [0.15, 0.2) is 12.4 Å². The Hall–Kier alpha value is -3.01. The lowest BCUT2D eigenvalue weighted by Gasteiger charge is -2.36. The predicted octanol–water partition coefficient (Wildman–Crippen LogP) is 8.33. The van der Waals surface area contributed by atoms with Crippen molar-refractivity contribution in [3.05, 3.63) is 85.1 Å². The molecule has 14 nitrogen and oxygen atoms in total. The maximum absolute atomic E-state index is 12.8. The van der Waals surface area contributed by atoms with E-state index in [0.29, 0.717) is 32.1 Å². The Bertz CT molecular complexity index is 1440. The third kappa shape index (κ3) is 33.2. The summed E-state index contributed by atoms with van der Waals surface area (Å²) in [6.07, 6.45) is 35.9. The molecule has 63 heavy (non-hydrogen) atoms. The van der Waals surface area contributed by atoms with Crippen LogP contribution in [0.2, 0.25) is 0 Å². The number of phosphoric acid groups is 1. The molecule has 0 aromatic carbocycles. The lowest BCUT2D eigenvalue weighted by molar-refractivity contribution is -0.199. The van der Waals surface area contributed by atoms with Gasteiger partial charge in [-0.25, -0.2) is 4.57 Å². The summed E-state index contributed by atoms with van der Waals surface area (Å²) in [4.78, 5) is 35.3. The quantitative estimate of drug-likeness (QED) is 0.0150. The van der Waals surface area contributed by atoms with Gasteiger partial charge in [-0.15, -0.1) is 0 Å². The molecule has 1 heterocycles. The summed E-state index contributed by atoms with van der Waals surface area (Å²) in [6.45, 7) is 1.79. The number of carbonyl (C=O) groups excluding carboxylic acids is 2. The van der Waals surface area contributed by atoms with Gasteiger partial charge in [-0.05, 0) is 77.0 Å². The minimum atomic E-state index is -4.71. The van der Waals surface area contributed by atoms with Crippen molar-refractivity contribution in [2.45, 2.75) is 173 Å². The van der Waals surface area contributed by atoms with Crippen LogP contribution in [0.15, 0.2) is 85.1 Å². The Morgan fingerprint density at radius 2 is 1.33 bits per heavy atom. The molecule has 1 fully saturated rings. The van der Waals surface area contributed by atoms with Crippen LogP contribution in [0.1, 0.15) is 136 Å². The second kappa shape index (κ2) is 38.3. The van der Waals surface area contributed by atoms with Crippen LogP contribution >= 0.6 is 7.82 Å². The summed E-state index contributed by atoms with van der Waals surface area (Å²) in [7, 11) is -4.71. The fourth-order valence-electron chi connectivity index (χ4n) is 6.23. The molecule has 0 aliphatic carbocycles. The summed E-state index contributed by atoms with van der Waals surface area (Å²) in [5.74, 6) is -1.51. The van der Waals surface area contributed by atoms with Gasteiger partial charge in [0.1, 0.15) is 12.7 Å². The number of hydrogen-bond donors (Lipinski definition) is 6. The highest BCUT2D eigenvalue weighted by Crippen LogP contribution is 2.43. The minimum Gasteiger partial charge on any atom is -0.462 e. The first-order valence-electron chi connectivity index (χ1n) is 22.9. The first-order chi connectivity index (χ1) is 30.4. The maximum atomic E-state index is 12.8. The highest BCUT2D eigenvalue weighted by molar-refractivity contribution is 7.47. The second-order valence-corrected chi connectivity index (χ2v) is 17.0. The molecule has 0 saturated carbocycles. The van der Waals surface area contributed by atoms with Gasteiger partial charge in [-0.2, -0.15) is 0 Å². The first-order valence-corrected chi connectivity index (χ1v) is 24.4. The fraction of sp³-hybridized carbons (Fsp3) is 0.667. The molecule has 2 unspecified atom stereocenters. The molecule has 0 aromatic heterocycles. The van der Waals surface area contributed by atoms with Gasteiger partial charge in [0.2, 0.25) is 0 Å². The van der Waals surface area contributed by atoms with Crippen molar-refractivity contribution < 1.29 is 67.8 Å². The van der Waals surface area contributed by atoms with E-state index in [-0.39, 0.29) is 25.2 Å². The number of aliphatic hydroxyl groups is 5. The first kappa shape index (κ1) is 58.0. The summed E-state index contributed by atoms with van der Waals surface area (Å²) < 4.78 is 38.4. The molecule has 1 aliphatic rings. The van der Waals surface area contributed by atoms with Gasteiger partial charge in [0.25, 0.3) is 0 Å². The topological polar surface area (TPSA) is 219 Å². The van der Waals surface area contributed by atoms with Gasteiger partial charge >= 0.3 is 19.8 Å². The fourth-order valence-corrected chi connectivity index (χ4v) is 7.02. The van der Waals surface area contributed by atoms with Crippen LogP contribution in [0.25, 0.3) is 0 Å². The Morgan fingerprint density at radius 3 is 1.98 bits per heavy atom. The maximum Gasteiger partial charge on any atom is 0.472 e. The number of hydrogen-bond acceptors (Lipinski definition) is 13. The lowest BCUT2D eigenvalue weighted by Crippen LogP contribution is -2.43. The summed E-state index contributed by atoms with van der Waals surface area (Å²) in [6, 6.07) is 0. The average Bonchev–Trinajstić information content (AvgIpc) is 3.25. The van der Waals surface area contributed by atoms with E-state index in [9.17, 15) is 39.5 Å². The molecular weight excluding hydrogens is 831 g/mol. The normalized spacial score (nSPS) is 21.1. The van der Waals surface area contributed by atoms with E-state index in [1.54, 1.807) is 12.2 Å². The SMILES string of the molecule is CC/C=C\C/C=C\C/C=C\C/C=C\C/C=C\CCCCCC(=O)OC[C@H](COP(=O)(O)OC[C@@H](O)CO)OC(=O)CCC/C=C\C[C@H]1[C@@H](O)CC(O)O[C@@H]1/C=C/[C@@H](O)CCCCC. The van der Waals surface area contributed by atoms with Crippen molar-refractivity contribution in [2.75, 3.05) is 26.4 Å². The second-order valence-electron chi connectivity index (χ2n) is 15.6. The Labute approximate surface area is 376 Å². The number of allylic oxidation sites excluding steroid dienone is 12. The Morgan fingerprint density at radius 1 is 0.730 bits per heavy atom. The molecule has 0 radical (unpaired) electrons. The number of ether oxygens (including phenoxy) is 3. The smallest absolute Gasteiger partial charge is 0.462 e. The molecule has 1 aliphatic heterocycles. The van der Waals surface area contributed by atoms with Crippen molar-refractivity contribution >= 4 is 19.8 Å². The van der Waals surface area contributed by atoms with E-state index in [0.717, 1.165) is 70.6 Å². The Balaban J connectivity index is 2.51. The third-order valence-electron chi connectivity index (χ3n) is 9.83. The molecule has 0 spiro atoms. The summed E-state index contributed by atoms with van der Waals surface area (Å²) in [5, 5.41) is 49.4. The number of aliphatic hydroxyl groups excluding tert-OH is 5. The van der Waals surface area contributed by atoms with E-state index in [4.69, 9.17) is 23.8 Å². The van der Waals surface area contributed by atoms with Crippen LogP contribution in [0.3, 0.4) is 0 Å². The van der Waals surface area contributed by atoms with Crippen LogP contribution in [-0.2, 0) is 37.4 Å². The van der Waals surface area contributed by atoms with Crippen LogP contribution in [0.4, 0.5) is 0 Å². The number of esters is 2. The minimum absolute atomic E-state index is 0.0225. The monoisotopic (exact) mass is 911 g/mol. The molecule has 8 atom stereocenters. The van der Waals surface area contributed by atoms with E-state index in [2.05, 4.69) is 79.1 Å². The molecule has 0 bridgehead atoms. The number of phosphoric ester groups is 1. The molecular formula is C48H79O14P. The zero-order valence-electron chi connectivity index (χ0n) is 37.8. The standard InChI is InChI=1S/C48H79O14P/c1-3-5-7-8-9-10-11-12-13-14-15-16-17-18-19-20-21-22-27-31-46(53)58-38-42(39-60-63(56,57)59-37-41(51)36-49)61-47(54)32-28-24-23-26-30-43-44(52)35-48(55)62-45(43)34-33-40(50)29-25-6-4-2/h5,7,9-10,12-13,15-16,18-19,23,26,33-34,40-45,48-52,55H,3-4,6,8,11,14,17,20-22,24-25,27-32,35-39H2,1-2H3,(H,56,57)/b7-5-,10-9-,13-12-,16-15-,19-18-,26-23-,34-33+/t40-,41-,42+,43-,44-,45+,48?/m0/s1. The van der Waals surface area contributed by atoms with Crippen molar-refractivity contribution in [2.24, 2.45) is 5.92 Å². The average molecular weight is 911 g/mol. The Kier molecular flexibility index (Phi) is 35.2. The van der Waals surface area contributed by atoms with Crippen LogP contribution in [0, 0.1) is 5.92 Å². The third-order valence-corrected chi connectivity index (χ3v) is 10.8. The van der Waals surface area contributed by atoms with E-state index >= 15 is 0 Å². The van der Waals surface area contributed by atoms with Crippen LogP contribution < -0.4 is 0 Å². The zero-order chi connectivity index (χ0) is 46.4. The van der Waals surface area contributed by atoms with E-state index in [1.807, 2.05) is 12.2 Å². The number of rotatable bonds is 37. The van der Waals surface area contributed by atoms with Crippen molar-refractivity contribution in [3.63, 3.8) is 0 Å². The van der Waals surface area contributed by atoms with Gasteiger partial charge < -0.3 is 44.6 Å². The highest BCUT2D eigenvalue weighted by atomic mass is 31.2. The van der Waals surface area contributed by atoms with Gasteiger partial charge in [0, 0.05) is 25.2 Å². The van der Waals surface area contributed by atoms with Crippen LogP contribution in [0.5, 0.6) is 0 Å². The zero-order valence-corrected chi connectivity index (χ0v) is 38.7. The number of carbonyl (C=O) groups is 2. The lowest BCUT2D eigenvalue weighted by atomic mass is 9.87.